The number of carbonyl (C=O) groups excluding carboxylic acids is 2. The molecule has 2 N–H and O–H groups in total. The molecular formula is C18H19NO5. The first-order valence-electron chi connectivity index (χ1n) is 7.47. The van der Waals surface area contributed by atoms with Crippen LogP contribution in [0.5, 0.6) is 0 Å². The van der Waals surface area contributed by atoms with Crippen LogP contribution >= 0.6 is 0 Å². The van der Waals surface area contributed by atoms with Gasteiger partial charge in [-0.15, -0.1) is 0 Å². The summed E-state index contributed by atoms with van der Waals surface area (Å²) in [5.74, 6) is -0.724. The predicted octanol–water partition coefficient (Wildman–Crippen LogP) is 2.02. The van der Waals surface area contributed by atoms with E-state index in [2.05, 4.69) is 5.32 Å². The van der Waals surface area contributed by atoms with E-state index in [1.54, 1.807) is 0 Å². The van der Waals surface area contributed by atoms with Gasteiger partial charge in [-0.05, 0) is 11.1 Å². The van der Waals surface area contributed by atoms with Gasteiger partial charge in [-0.1, -0.05) is 60.7 Å². The molecule has 1 amide bonds. The topological polar surface area (TPSA) is 84.9 Å². The molecule has 6 heteroatoms. The fourth-order valence-corrected chi connectivity index (χ4v) is 1.92. The quantitative estimate of drug-likeness (QED) is 0.759. The van der Waals surface area contributed by atoms with Crippen LogP contribution in [0.1, 0.15) is 11.1 Å². The van der Waals surface area contributed by atoms with Crippen LogP contribution in [0.15, 0.2) is 60.7 Å². The Morgan fingerprint density at radius 1 is 0.875 bits per heavy atom. The predicted molar refractivity (Wildman–Crippen MR) is 86.9 cm³/mol. The minimum atomic E-state index is -1.17. The van der Waals surface area contributed by atoms with Crippen molar-refractivity contribution in [1.82, 2.24) is 5.32 Å². The third-order valence-electron chi connectivity index (χ3n) is 3.20. The molecule has 2 rings (SSSR count). The largest absolute Gasteiger partial charge is 0.459 e. The van der Waals surface area contributed by atoms with Crippen molar-refractivity contribution in [2.24, 2.45) is 0 Å². The first-order chi connectivity index (χ1) is 11.7. The Bertz CT molecular complexity index is 645. The Hall–Kier alpha value is -2.86. The monoisotopic (exact) mass is 329 g/mol. The average Bonchev–Trinajstić information content (AvgIpc) is 2.64. The second-order valence-corrected chi connectivity index (χ2v) is 5.03. The minimum Gasteiger partial charge on any atom is -0.459 e. The zero-order chi connectivity index (χ0) is 17.2. The normalized spacial score (nSPS) is 11.4. The van der Waals surface area contributed by atoms with Crippen molar-refractivity contribution in [2.45, 2.75) is 19.3 Å². The first-order valence-corrected chi connectivity index (χ1v) is 7.47. The third kappa shape index (κ3) is 5.73. The SMILES string of the molecule is O=C(NC(CO)C(=O)OCc1ccccc1)OCc1ccccc1. The summed E-state index contributed by atoms with van der Waals surface area (Å²) >= 11 is 0. The summed E-state index contributed by atoms with van der Waals surface area (Å²) in [4.78, 5) is 23.6. The molecule has 0 fully saturated rings. The van der Waals surface area contributed by atoms with E-state index in [4.69, 9.17) is 9.47 Å². The molecule has 0 radical (unpaired) electrons. The average molecular weight is 329 g/mol. The second-order valence-electron chi connectivity index (χ2n) is 5.03. The van der Waals surface area contributed by atoms with Gasteiger partial charge >= 0.3 is 12.1 Å². The van der Waals surface area contributed by atoms with Gasteiger partial charge in [0.05, 0.1) is 6.61 Å². The number of esters is 1. The highest BCUT2D eigenvalue weighted by atomic mass is 16.6. The zero-order valence-corrected chi connectivity index (χ0v) is 13.1. The molecule has 1 unspecified atom stereocenters. The summed E-state index contributed by atoms with van der Waals surface area (Å²) in [6.07, 6.45) is -0.797. The fraction of sp³-hybridized carbons (Fsp3) is 0.222. The van der Waals surface area contributed by atoms with Crippen LogP contribution in [-0.2, 0) is 27.5 Å². The smallest absolute Gasteiger partial charge is 0.408 e. The molecule has 126 valence electrons. The van der Waals surface area contributed by atoms with Crippen molar-refractivity contribution < 1.29 is 24.2 Å². The Kier molecular flexibility index (Phi) is 6.79. The number of alkyl carbamates (subject to hydrolysis) is 1. The van der Waals surface area contributed by atoms with E-state index in [-0.39, 0.29) is 13.2 Å². The molecule has 1 atom stereocenters. The Morgan fingerprint density at radius 2 is 1.38 bits per heavy atom. The van der Waals surface area contributed by atoms with E-state index in [1.165, 1.54) is 0 Å². The van der Waals surface area contributed by atoms with Crippen molar-refractivity contribution in [1.29, 1.82) is 0 Å². The van der Waals surface area contributed by atoms with E-state index in [9.17, 15) is 14.7 Å². The molecule has 0 aliphatic heterocycles. The molecule has 0 heterocycles. The lowest BCUT2D eigenvalue weighted by Gasteiger charge is -2.15. The molecule has 6 nitrogen and oxygen atoms in total. The highest BCUT2D eigenvalue weighted by Crippen LogP contribution is 2.03. The van der Waals surface area contributed by atoms with E-state index in [0.717, 1.165) is 11.1 Å². The van der Waals surface area contributed by atoms with Crippen molar-refractivity contribution in [3.05, 3.63) is 71.8 Å². The second kappa shape index (κ2) is 9.32. The van der Waals surface area contributed by atoms with Gasteiger partial charge in [-0.25, -0.2) is 9.59 Å². The first kappa shape index (κ1) is 17.5. The van der Waals surface area contributed by atoms with Crippen molar-refractivity contribution >= 4 is 12.1 Å². The number of aliphatic hydroxyl groups is 1. The molecule has 2 aromatic rings. The van der Waals surface area contributed by atoms with Gasteiger partial charge in [0.15, 0.2) is 6.04 Å². The van der Waals surface area contributed by atoms with Gasteiger partial charge < -0.3 is 19.9 Å². The van der Waals surface area contributed by atoms with Crippen LogP contribution in [-0.4, -0.2) is 29.8 Å². The van der Waals surface area contributed by atoms with Gasteiger partial charge in [0.2, 0.25) is 0 Å². The van der Waals surface area contributed by atoms with Gasteiger partial charge in [0.25, 0.3) is 0 Å². The maximum absolute atomic E-state index is 11.9. The number of benzene rings is 2. The number of amides is 1. The molecule has 2 aromatic carbocycles. The molecule has 0 aromatic heterocycles. The Labute approximate surface area is 140 Å². The molecule has 0 saturated carbocycles. The lowest BCUT2D eigenvalue weighted by atomic mass is 10.2. The van der Waals surface area contributed by atoms with Crippen molar-refractivity contribution in [3.63, 3.8) is 0 Å². The van der Waals surface area contributed by atoms with E-state index >= 15 is 0 Å². The number of ether oxygens (including phenoxy) is 2. The van der Waals surface area contributed by atoms with Crippen LogP contribution in [0.25, 0.3) is 0 Å². The molecule has 0 aliphatic rings. The summed E-state index contributed by atoms with van der Waals surface area (Å²) in [6.45, 7) is -0.436. The van der Waals surface area contributed by atoms with E-state index in [1.807, 2.05) is 60.7 Å². The van der Waals surface area contributed by atoms with E-state index < -0.39 is 24.7 Å². The third-order valence-corrected chi connectivity index (χ3v) is 3.20. The van der Waals surface area contributed by atoms with Crippen molar-refractivity contribution in [3.8, 4) is 0 Å². The maximum atomic E-state index is 11.9. The highest BCUT2D eigenvalue weighted by molar-refractivity contribution is 5.81. The summed E-state index contributed by atoms with van der Waals surface area (Å²) in [5.41, 5.74) is 1.63. The van der Waals surface area contributed by atoms with Gasteiger partial charge in [0.1, 0.15) is 13.2 Å². The van der Waals surface area contributed by atoms with Crippen LogP contribution in [0.2, 0.25) is 0 Å². The molecule has 0 bridgehead atoms. The highest BCUT2D eigenvalue weighted by Gasteiger charge is 2.22. The Balaban J connectivity index is 1.77. The molecule has 0 aliphatic carbocycles. The lowest BCUT2D eigenvalue weighted by molar-refractivity contribution is -0.148. The van der Waals surface area contributed by atoms with Crippen LogP contribution in [0.4, 0.5) is 4.79 Å². The summed E-state index contributed by atoms with van der Waals surface area (Å²) in [7, 11) is 0. The number of carbonyl (C=O) groups is 2. The van der Waals surface area contributed by atoms with Crippen LogP contribution < -0.4 is 5.32 Å². The van der Waals surface area contributed by atoms with Gasteiger partial charge in [-0.2, -0.15) is 0 Å². The molecular weight excluding hydrogens is 310 g/mol. The summed E-state index contributed by atoms with van der Waals surface area (Å²) in [5, 5.41) is 11.5. The van der Waals surface area contributed by atoms with Crippen LogP contribution in [0, 0.1) is 0 Å². The van der Waals surface area contributed by atoms with Crippen molar-refractivity contribution in [2.75, 3.05) is 6.61 Å². The standard InChI is InChI=1S/C18H19NO5/c20-11-16(17(21)23-12-14-7-3-1-4-8-14)19-18(22)24-13-15-9-5-2-6-10-15/h1-10,16,20H,11-13H2,(H,19,22). The number of rotatable bonds is 7. The molecule has 0 spiro atoms. The number of nitrogens with one attached hydrogen (secondary N) is 1. The maximum Gasteiger partial charge on any atom is 0.408 e. The number of hydrogen-bond acceptors (Lipinski definition) is 5. The lowest BCUT2D eigenvalue weighted by Crippen LogP contribution is -2.44. The zero-order valence-electron chi connectivity index (χ0n) is 13.1. The number of aliphatic hydroxyl groups excluding tert-OH is 1. The van der Waals surface area contributed by atoms with Crippen LogP contribution in [0.3, 0.4) is 0 Å². The Morgan fingerprint density at radius 3 is 1.88 bits per heavy atom. The summed E-state index contributed by atoms with van der Waals surface area (Å²) in [6, 6.07) is 17.1. The molecule has 24 heavy (non-hydrogen) atoms. The van der Waals surface area contributed by atoms with Gasteiger partial charge in [0, 0.05) is 0 Å². The van der Waals surface area contributed by atoms with E-state index in [0.29, 0.717) is 0 Å². The molecule has 0 saturated heterocycles. The van der Waals surface area contributed by atoms with Gasteiger partial charge in [-0.3, -0.25) is 0 Å². The summed E-state index contributed by atoms with van der Waals surface area (Å²) < 4.78 is 10.1. The number of hydrogen-bond donors (Lipinski definition) is 2. The fourth-order valence-electron chi connectivity index (χ4n) is 1.92. The minimum absolute atomic E-state index is 0.0664.